The Hall–Kier alpha value is -0.600. The highest BCUT2D eigenvalue weighted by molar-refractivity contribution is 5.08. The van der Waals surface area contributed by atoms with Gasteiger partial charge in [0.05, 0.1) is 0 Å². The van der Waals surface area contributed by atoms with Crippen LogP contribution >= 0.6 is 0 Å². The van der Waals surface area contributed by atoms with Crippen molar-refractivity contribution in [2.24, 2.45) is 82.9 Å². The molecule has 0 aromatic carbocycles. The molecular formula is C58H100N2. The van der Waals surface area contributed by atoms with Crippen LogP contribution in [0, 0.1) is 82.9 Å². The maximum atomic E-state index is 3.33. The zero-order valence-corrected chi connectivity index (χ0v) is 41.1. The minimum Gasteiger partial charge on any atom is -0.294 e. The molecule has 0 saturated heterocycles. The molecule has 2 heteroatoms. The summed E-state index contributed by atoms with van der Waals surface area (Å²) in [6.45, 7) is 21.2. The van der Waals surface area contributed by atoms with Crippen molar-refractivity contribution in [2.45, 2.75) is 259 Å². The summed E-state index contributed by atoms with van der Waals surface area (Å²) in [6, 6.07) is 4.89. The van der Waals surface area contributed by atoms with Crippen molar-refractivity contribution in [2.75, 3.05) is 0 Å². The van der Waals surface area contributed by atoms with Crippen molar-refractivity contribution in [3.05, 3.63) is 24.3 Å². The zero-order chi connectivity index (χ0) is 41.9. The summed E-state index contributed by atoms with van der Waals surface area (Å²) in [5.41, 5.74) is 0. The molecule has 0 bridgehead atoms. The molecule has 8 unspecified atom stereocenters. The van der Waals surface area contributed by atoms with Gasteiger partial charge in [-0.05, 0) is 224 Å². The predicted molar refractivity (Wildman–Crippen MR) is 259 cm³/mol. The summed E-state index contributed by atoms with van der Waals surface area (Å²) >= 11 is 0. The summed E-state index contributed by atoms with van der Waals surface area (Å²) in [5, 5.41) is 0. The van der Waals surface area contributed by atoms with Crippen LogP contribution in [0.3, 0.4) is 0 Å². The van der Waals surface area contributed by atoms with E-state index in [1.165, 1.54) is 167 Å². The van der Waals surface area contributed by atoms with E-state index >= 15 is 0 Å². The molecule has 60 heavy (non-hydrogen) atoms. The number of hydrogen-bond donors (Lipinski definition) is 0. The molecule has 0 N–H and O–H groups in total. The van der Waals surface area contributed by atoms with E-state index in [0.717, 1.165) is 119 Å². The molecule has 0 aromatic heterocycles. The number of nitrogens with zero attached hydrogens (tertiary/aromatic N) is 2. The molecule has 8 rings (SSSR count). The highest BCUT2D eigenvalue weighted by Gasteiger charge is 2.54. The summed E-state index contributed by atoms with van der Waals surface area (Å²) in [4.78, 5) is 6.66. The van der Waals surface area contributed by atoms with Crippen LogP contribution in [-0.2, 0) is 0 Å². The number of allylic oxidation sites excluding steroid dienone is 4. The van der Waals surface area contributed by atoms with E-state index in [9.17, 15) is 0 Å². The molecule has 0 aromatic rings. The Kier molecular flexibility index (Phi) is 16.2. The van der Waals surface area contributed by atoms with Crippen LogP contribution in [0.15, 0.2) is 24.3 Å². The molecule has 0 spiro atoms. The topological polar surface area (TPSA) is 6.48 Å². The van der Waals surface area contributed by atoms with Gasteiger partial charge in [0, 0.05) is 36.3 Å². The van der Waals surface area contributed by atoms with Crippen molar-refractivity contribution in [1.29, 1.82) is 0 Å². The zero-order valence-electron chi connectivity index (χ0n) is 41.1. The average molecular weight is 825 g/mol. The van der Waals surface area contributed by atoms with Crippen molar-refractivity contribution >= 4 is 0 Å². The van der Waals surface area contributed by atoms with Crippen LogP contribution < -0.4 is 0 Å². The minimum atomic E-state index is 0.790. The summed E-state index contributed by atoms with van der Waals surface area (Å²) in [5.74, 6) is 12.3. The van der Waals surface area contributed by atoms with E-state index in [1.807, 2.05) is 0 Å². The van der Waals surface area contributed by atoms with Crippen LogP contribution in [0.2, 0.25) is 0 Å². The Bertz CT molecular complexity index is 1220. The molecule has 8 fully saturated rings. The van der Waals surface area contributed by atoms with Gasteiger partial charge in [0.1, 0.15) is 0 Å². The second-order valence-corrected chi connectivity index (χ2v) is 25.1. The lowest BCUT2D eigenvalue weighted by molar-refractivity contribution is -0.120. The lowest BCUT2D eigenvalue weighted by Gasteiger charge is -2.61. The van der Waals surface area contributed by atoms with Gasteiger partial charge >= 0.3 is 0 Å². The minimum absolute atomic E-state index is 0.790. The van der Waals surface area contributed by atoms with Gasteiger partial charge in [0.2, 0.25) is 0 Å². The van der Waals surface area contributed by atoms with Gasteiger partial charge in [0.15, 0.2) is 0 Å². The Morgan fingerprint density at radius 3 is 0.767 bits per heavy atom. The maximum absolute atomic E-state index is 3.33. The van der Waals surface area contributed by atoms with Crippen molar-refractivity contribution in [3.8, 4) is 0 Å². The third-order valence-electron chi connectivity index (χ3n) is 20.7. The third kappa shape index (κ3) is 10.9. The summed E-state index contributed by atoms with van der Waals surface area (Å²) < 4.78 is 0. The molecule has 0 radical (unpaired) electrons. The van der Waals surface area contributed by atoms with Gasteiger partial charge < -0.3 is 0 Å². The van der Waals surface area contributed by atoms with Crippen LogP contribution in [0.1, 0.15) is 222 Å². The maximum Gasteiger partial charge on any atom is 0.0155 e. The second kappa shape index (κ2) is 21.1. The van der Waals surface area contributed by atoms with Gasteiger partial charge in [-0.25, -0.2) is 0 Å². The SMILES string of the molecule is CC1CCC(/C=C/C2CCC(N(C3CCC(C)CC3)C3C(C)CC4C(C)C(N(C5CCC(C)CC5)C5CCC(/C=C/C6CCC(C)CC6)CC5)C(C)CC4C3C)CC2)CC1. The van der Waals surface area contributed by atoms with Crippen molar-refractivity contribution < 1.29 is 0 Å². The Labute approximate surface area is 374 Å². The molecule has 8 saturated carbocycles. The normalized spacial score (nSPS) is 48.8. The van der Waals surface area contributed by atoms with Gasteiger partial charge in [0.25, 0.3) is 0 Å². The van der Waals surface area contributed by atoms with E-state index in [2.05, 4.69) is 89.5 Å². The van der Waals surface area contributed by atoms with Crippen LogP contribution in [-0.4, -0.2) is 46.1 Å². The highest BCUT2D eigenvalue weighted by atomic mass is 15.2. The third-order valence-corrected chi connectivity index (χ3v) is 20.7. The van der Waals surface area contributed by atoms with E-state index in [-0.39, 0.29) is 0 Å². The molecule has 342 valence electrons. The fourth-order valence-electron chi connectivity index (χ4n) is 16.8. The first kappa shape index (κ1) is 45.9. The van der Waals surface area contributed by atoms with Crippen LogP contribution in [0.5, 0.6) is 0 Å². The molecule has 0 heterocycles. The fourth-order valence-corrected chi connectivity index (χ4v) is 16.8. The predicted octanol–water partition coefficient (Wildman–Crippen LogP) is 16.0. The summed E-state index contributed by atoms with van der Waals surface area (Å²) in [6.07, 6.45) is 48.7. The molecule has 8 aliphatic rings. The standard InChI is InChI=1S/C58H100N2/c1-39-9-17-47(18-10-39)21-23-49-25-33-53(34-26-49)59(51-29-13-41(3)14-30-51)57-43(5)37-56-46(8)58(44(6)38-55(56)45(57)7)60(52-31-15-42(4)16-32-52)54-35-27-50(28-36-54)24-22-48-19-11-40(2)12-20-48/h21-24,39-58H,9-20,25-38H2,1-8H3/b23-21+,24-22+. The molecule has 0 aliphatic heterocycles. The first-order chi connectivity index (χ1) is 29.0. The van der Waals surface area contributed by atoms with Crippen molar-refractivity contribution in [3.63, 3.8) is 0 Å². The average Bonchev–Trinajstić information content (AvgIpc) is 3.25. The first-order valence-electron chi connectivity index (χ1n) is 27.9. The highest BCUT2D eigenvalue weighted by Crippen LogP contribution is 2.55. The largest absolute Gasteiger partial charge is 0.294 e. The van der Waals surface area contributed by atoms with E-state index < -0.39 is 0 Å². The molecule has 0 amide bonds. The van der Waals surface area contributed by atoms with Crippen LogP contribution in [0.4, 0.5) is 0 Å². The van der Waals surface area contributed by atoms with E-state index in [1.54, 1.807) is 0 Å². The van der Waals surface area contributed by atoms with E-state index in [4.69, 9.17) is 0 Å². The Morgan fingerprint density at radius 1 is 0.283 bits per heavy atom. The van der Waals surface area contributed by atoms with Gasteiger partial charge in [-0.15, -0.1) is 0 Å². The Balaban J connectivity index is 0.950. The molecule has 8 aliphatic carbocycles. The number of hydrogen-bond acceptors (Lipinski definition) is 2. The second-order valence-electron chi connectivity index (χ2n) is 25.1. The number of fused-ring (bicyclic) bond motifs is 1. The monoisotopic (exact) mass is 825 g/mol. The van der Waals surface area contributed by atoms with Gasteiger partial charge in [-0.1, -0.05) is 105 Å². The fraction of sp³-hybridized carbons (Fsp3) is 0.931. The lowest BCUT2D eigenvalue weighted by atomic mass is 9.54. The molecular weight excluding hydrogens is 725 g/mol. The number of rotatable bonds is 10. The molecule has 8 atom stereocenters. The lowest BCUT2D eigenvalue weighted by Crippen LogP contribution is -2.64. The quantitative estimate of drug-likeness (QED) is 0.203. The van der Waals surface area contributed by atoms with Gasteiger partial charge in [-0.3, -0.25) is 9.80 Å². The van der Waals surface area contributed by atoms with Crippen molar-refractivity contribution in [1.82, 2.24) is 9.80 Å². The Morgan fingerprint density at radius 2 is 0.500 bits per heavy atom. The molecule has 2 nitrogen and oxygen atoms in total. The summed E-state index contributed by atoms with van der Waals surface area (Å²) in [7, 11) is 0. The van der Waals surface area contributed by atoms with Crippen LogP contribution in [0.25, 0.3) is 0 Å². The first-order valence-corrected chi connectivity index (χ1v) is 27.9. The van der Waals surface area contributed by atoms with Gasteiger partial charge in [-0.2, -0.15) is 0 Å². The smallest absolute Gasteiger partial charge is 0.0155 e. The van der Waals surface area contributed by atoms with E-state index in [0.29, 0.717) is 0 Å².